The summed E-state index contributed by atoms with van der Waals surface area (Å²) < 4.78 is 12.8. The quantitative estimate of drug-likeness (QED) is 0.691. The Morgan fingerprint density at radius 1 is 1.33 bits per heavy atom. The number of carbonyl (C=O) groups is 1. The maximum atomic E-state index is 12.8. The smallest absolute Gasteiger partial charge is 0.262 e. The van der Waals surface area contributed by atoms with Gasteiger partial charge >= 0.3 is 0 Å². The van der Waals surface area contributed by atoms with Gasteiger partial charge in [-0.1, -0.05) is 18.2 Å². The van der Waals surface area contributed by atoms with Crippen LogP contribution in [-0.4, -0.2) is 10.9 Å². The normalized spacial score (nSPS) is 10.8. The SMILES string of the molecule is N#CC(=Cc1ccc(F)cc1)C(=O)NCc1cccnc1. The van der Waals surface area contributed by atoms with Crippen LogP contribution in [0.15, 0.2) is 54.4 Å². The van der Waals surface area contributed by atoms with E-state index in [-0.39, 0.29) is 17.9 Å². The van der Waals surface area contributed by atoms with E-state index in [1.165, 1.54) is 30.3 Å². The summed E-state index contributed by atoms with van der Waals surface area (Å²) in [6, 6.07) is 11.0. The average molecular weight is 281 g/mol. The fourth-order valence-corrected chi connectivity index (χ4v) is 1.65. The van der Waals surface area contributed by atoms with E-state index in [0.717, 1.165) is 5.56 Å². The first-order chi connectivity index (χ1) is 10.2. The minimum Gasteiger partial charge on any atom is -0.347 e. The van der Waals surface area contributed by atoms with E-state index in [2.05, 4.69) is 10.3 Å². The van der Waals surface area contributed by atoms with Crippen molar-refractivity contribution in [3.8, 4) is 6.07 Å². The van der Waals surface area contributed by atoms with Crippen molar-refractivity contribution in [2.24, 2.45) is 0 Å². The second kappa shape index (κ2) is 6.96. The van der Waals surface area contributed by atoms with Crippen molar-refractivity contribution >= 4 is 12.0 Å². The molecule has 1 amide bonds. The summed E-state index contributed by atoms with van der Waals surface area (Å²) in [5.74, 6) is -0.850. The highest BCUT2D eigenvalue weighted by Crippen LogP contribution is 2.08. The van der Waals surface area contributed by atoms with Crippen LogP contribution in [0.1, 0.15) is 11.1 Å². The lowest BCUT2D eigenvalue weighted by molar-refractivity contribution is -0.117. The van der Waals surface area contributed by atoms with Crippen LogP contribution in [0.5, 0.6) is 0 Å². The van der Waals surface area contributed by atoms with E-state index in [1.807, 2.05) is 12.1 Å². The summed E-state index contributed by atoms with van der Waals surface area (Å²) in [5.41, 5.74) is 1.39. The summed E-state index contributed by atoms with van der Waals surface area (Å²) in [6.07, 6.45) is 4.69. The predicted octanol–water partition coefficient (Wildman–Crippen LogP) is 2.44. The molecule has 2 rings (SSSR count). The Hall–Kier alpha value is -3.00. The van der Waals surface area contributed by atoms with Crippen LogP contribution < -0.4 is 5.32 Å². The van der Waals surface area contributed by atoms with Crippen LogP contribution in [-0.2, 0) is 11.3 Å². The third kappa shape index (κ3) is 4.25. The zero-order chi connectivity index (χ0) is 15.1. The Bertz CT molecular complexity index is 688. The fourth-order valence-electron chi connectivity index (χ4n) is 1.65. The van der Waals surface area contributed by atoms with Crippen molar-refractivity contribution in [1.82, 2.24) is 10.3 Å². The molecule has 1 aromatic carbocycles. The largest absolute Gasteiger partial charge is 0.347 e. The van der Waals surface area contributed by atoms with Crippen LogP contribution in [0.4, 0.5) is 4.39 Å². The molecule has 0 saturated heterocycles. The average Bonchev–Trinajstić information content (AvgIpc) is 2.53. The molecule has 0 unspecified atom stereocenters. The van der Waals surface area contributed by atoms with Gasteiger partial charge in [0.25, 0.3) is 5.91 Å². The molecule has 0 aliphatic heterocycles. The highest BCUT2D eigenvalue weighted by Gasteiger charge is 2.08. The lowest BCUT2D eigenvalue weighted by Gasteiger charge is -2.04. The first kappa shape index (κ1) is 14.4. The van der Waals surface area contributed by atoms with Crippen molar-refractivity contribution in [2.75, 3.05) is 0 Å². The minimum absolute atomic E-state index is 0.0366. The lowest BCUT2D eigenvalue weighted by Crippen LogP contribution is -2.23. The Labute approximate surface area is 121 Å². The van der Waals surface area contributed by atoms with Gasteiger partial charge < -0.3 is 5.32 Å². The van der Waals surface area contributed by atoms with Gasteiger partial charge in [0.05, 0.1) is 0 Å². The maximum absolute atomic E-state index is 12.8. The van der Waals surface area contributed by atoms with E-state index >= 15 is 0 Å². The Kier molecular flexibility index (Phi) is 4.78. The number of nitrogens with one attached hydrogen (secondary N) is 1. The van der Waals surface area contributed by atoms with Crippen molar-refractivity contribution in [1.29, 1.82) is 5.26 Å². The van der Waals surface area contributed by atoms with Crippen molar-refractivity contribution in [3.63, 3.8) is 0 Å². The van der Waals surface area contributed by atoms with Gasteiger partial charge in [-0.2, -0.15) is 5.26 Å². The molecule has 21 heavy (non-hydrogen) atoms. The highest BCUT2D eigenvalue weighted by molar-refractivity contribution is 6.01. The number of nitrogens with zero attached hydrogens (tertiary/aromatic N) is 2. The third-order valence-corrected chi connectivity index (χ3v) is 2.72. The molecular formula is C16H12FN3O. The van der Waals surface area contributed by atoms with Crippen LogP contribution in [0.25, 0.3) is 6.08 Å². The van der Waals surface area contributed by atoms with Crippen LogP contribution in [0.3, 0.4) is 0 Å². The van der Waals surface area contributed by atoms with Crippen LogP contribution in [0.2, 0.25) is 0 Å². The number of pyridine rings is 1. The number of halogens is 1. The van der Waals surface area contributed by atoms with Crippen LogP contribution >= 0.6 is 0 Å². The highest BCUT2D eigenvalue weighted by atomic mass is 19.1. The van der Waals surface area contributed by atoms with Gasteiger partial charge in [-0.05, 0) is 35.4 Å². The summed E-state index contributed by atoms with van der Waals surface area (Å²) in [7, 11) is 0. The molecule has 0 saturated carbocycles. The first-order valence-electron chi connectivity index (χ1n) is 6.23. The standard InChI is InChI=1S/C16H12FN3O/c17-15-5-3-12(4-6-15)8-14(9-18)16(21)20-11-13-2-1-7-19-10-13/h1-8,10H,11H2,(H,20,21). The molecule has 104 valence electrons. The second-order valence-electron chi connectivity index (χ2n) is 4.27. The molecule has 2 aromatic rings. The van der Waals surface area contributed by atoms with Crippen LogP contribution in [0, 0.1) is 17.1 Å². The molecule has 1 aromatic heterocycles. The Morgan fingerprint density at radius 3 is 2.71 bits per heavy atom. The number of carbonyl (C=O) groups excluding carboxylic acids is 1. The number of nitriles is 1. The molecule has 4 nitrogen and oxygen atoms in total. The first-order valence-corrected chi connectivity index (χ1v) is 6.23. The third-order valence-electron chi connectivity index (χ3n) is 2.72. The lowest BCUT2D eigenvalue weighted by atomic mass is 10.1. The molecule has 0 atom stereocenters. The van der Waals surface area contributed by atoms with Crippen molar-refractivity contribution in [2.45, 2.75) is 6.54 Å². The molecule has 1 heterocycles. The molecule has 0 bridgehead atoms. The number of benzene rings is 1. The monoisotopic (exact) mass is 281 g/mol. The number of hydrogen-bond acceptors (Lipinski definition) is 3. The number of aromatic nitrogens is 1. The Morgan fingerprint density at radius 2 is 2.10 bits per heavy atom. The summed E-state index contributed by atoms with van der Waals surface area (Å²) in [5, 5.41) is 11.7. The van der Waals surface area contributed by atoms with Gasteiger partial charge in [0, 0.05) is 18.9 Å². The molecule has 0 fully saturated rings. The van der Waals surface area contributed by atoms with Gasteiger partial charge in [0.15, 0.2) is 0 Å². The van der Waals surface area contributed by atoms with Gasteiger partial charge in [-0.25, -0.2) is 4.39 Å². The molecular weight excluding hydrogens is 269 g/mol. The molecule has 0 aliphatic rings. The van der Waals surface area contributed by atoms with E-state index in [4.69, 9.17) is 5.26 Å². The fraction of sp³-hybridized carbons (Fsp3) is 0.0625. The predicted molar refractivity (Wildman–Crippen MR) is 76.1 cm³/mol. The number of rotatable bonds is 4. The summed E-state index contributed by atoms with van der Waals surface area (Å²) in [6.45, 7) is 0.287. The van der Waals surface area contributed by atoms with E-state index in [0.29, 0.717) is 5.56 Å². The van der Waals surface area contributed by atoms with Crippen molar-refractivity contribution in [3.05, 3.63) is 71.3 Å². The number of hydrogen-bond donors (Lipinski definition) is 1. The molecule has 0 spiro atoms. The zero-order valence-electron chi connectivity index (χ0n) is 11.1. The molecule has 0 aliphatic carbocycles. The summed E-state index contributed by atoms with van der Waals surface area (Å²) in [4.78, 5) is 15.9. The second-order valence-corrected chi connectivity index (χ2v) is 4.27. The van der Waals surface area contributed by atoms with E-state index in [1.54, 1.807) is 18.5 Å². The van der Waals surface area contributed by atoms with Gasteiger partial charge in [-0.3, -0.25) is 9.78 Å². The minimum atomic E-state index is -0.481. The Balaban J connectivity index is 2.05. The topological polar surface area (TPSA) is 65.8 Å². The maximum Gasteiger partial charge on any atom is 0.262 e. The van der Waals surface area contributed by atoms with Crippen molar-refractivity contribution < 1.29 is 9.18 Å². The van der Waals surface area contributed by atoms with Gasteiger partial charge in [0.2, 0.25) is 0 Å². The summed E-state index contributed by atoms with van der Waals surface area (Å²) >= 11 is 0. The molecule has 5 heteroatoms. The number of amides is 1. The molecule has 1 N–H and O–H groups in total. The molecule has 0 radical (unpaired) electrons. The zero-order valence-corrected chi connectivity index (χ0v) is 11.1. The van der Waals surface area contributed by atoms with Gasteiger partial charge in [-0.15, -0.1) is 0 Å². The van der Waals surface area contributed by atoms with E-state index < -0.39 is 5.91 Å². The van der Waals surface area contributed by atoms with Gasteiger partial charge in [0.1, 0.15) is 17.5 Å². The van der Waals surface area contributed by atoms with E-state index in [9.17, 15) is 9.18 Å².